The Morgan fingerprint density at radius 2 is 2.18 bits per heavy atom. The summed E-state index contributed by atoms with van der Waals surface area (Å²) in [5.74, 6) is 0.704. The minimum absolute atomic E-state index is 0.0159. The van der Waals surface area contributed by atoms with Crippen molar-refractivity contribution in [2.75, 3.05) is 33.3 Å². The van der Waals surface area contributed by atoms with Crippen LogP contribution in [0.2, 0.25) is 0 Å². The average Bonchev–Trinajstić information content (AvgIpc) is 2.94. The highest BCUT2D eigenvalue weighted by atomic mass is 79.9. The van der Waals surface area contributed by atoms with Crippen molar-refractivity contribution in [2.24, 2.45) is 0 Å². The number of halogens is 1. The molecule has 0 radical (unpaired) electrons. The Morgan fingerprint density at radius 3 is 2.91 bits per heavy atom. The molecule has 0 unspecified atom stereocenters. The third-order valence-electron chi connectivity index (χ3n) is 4.38. The van der Waals surface area contributed by atoms with Crippen LogP contribution in [0.4, 0.5) is 0 Å². The number of carbonyl (C=O) groups excluding carboxylic acids is 1. The monoisotopic (exact) mass is 368 g/mol. The zero-order valence-corrected chi connectivity index (χ0v) is 14.5. The molecule has 2 saturated heterocycles. The highest BCUT2D eigenvalue weighted by Crippen LogP contribution is 2.26. The fourth-order valence-corrected chi connectivity index (χ4v) is 3.45. The summed E-state index contributed by atoms with van der Waals surface area (Å²) in [5, 5.41) is 0. The minimum Gasteiger partial charge on any atom is -0.480 e. The Bertz CT molecular complexity index is 554. The molecule has 0 aliphatic carbocycles. The van der Waals surface area contributed by atoms with Gasteiger partial charge in [-0.15, -0.1) is 0 Å². The van der Waals surface area contributed by atoms with Gasteiger partial charge in [0.05, 0.1) is 23.2 Å². The first-order valence-electron chi connectivity index (χ1n) is 7.58. The number of hydrogen-bond acceptors (Lipinski definition) is 4. The second-order valence-corrected chi connectivity index (χ2v) is 6.75. The summed E-state index contributed by atoms with van der Waals surface area (Å²) in [6.45, 7) is 4.82. The normalized spacial score (nSPS) is 26.6. The van der Waals surface area contributed by atoms with Crippen molar-refractivity contribution in [3.63, 3.8) is 0 Å². The Kier molecular flexibility index (Phi) is 4.70. The van der Waals surface area contributed by atoms with Gasteiger partial charge < -0.3 is 14.4 Å². The molecule has 2 heterocycles. The summed E-state index contributed by atoms with van der Waals surface area (Å²) >= 11 is 3.44. The summed E-state index contributed by atoms with van der Waals surface area (Å²) in [6.07, 6.45) is -0.387. The van der Waals surface area contributed by atoms with Crippen LogP contribution in [0, 0.1) is 0 Å². The predicted octanol–water partition coefficient (Wildman–Crippen LogP) is 1.76. The molecule has 1 amide bonds. The number of likely N-dealkylation sites (N-methyl/N-ethyl adjacent to an activating group) is 1. The van der Waals surface area contributed by atoms with Gasteiger partial charge in [0.15, 0.2) is 6.10 Å². The van der Waals surface area contributed by atoms with Crippen LogP contribution in [0.5, 0.6) is 5.75 Å². The van der Waals surface area contributed by atoms with E-state index in [1.807, 2.05) is 29.2 Å². The molecule has 0 aromatic heterocycles. The van der Waals surface area contributed by atoms with Gasteiger partial charge in [0, 0.05) is 19.6 Å². The van der Waals surface area contributed by atoms with Crippen LogP contribution in [0.3, 0.4) is 0 Å². The van der Waals surface area contributed by atoms with Crippen molar-refractivity contribution < 1.29 is 14.3 Å². The number of fused-ring (bicyclic) bond motifs is 1. The molecular formula is C16H21BrN2O3. The van der Waals surface area contributed by atoms with Crippen molar-refractivity contribution in [3.05, 3.63) is 28.7 Å². The van der Waals surface area contributed by atoms with E-state index in [-0.39, 0.29) is 12.0 Å². The Labute approximate surface area is 139 Å². The number of amides is 1. The van der Waals surface area contributed by atoms with E-state index in [4.69, 9.17) is 9.47 Å². The van der Waals surface area contributed by atoms with E-state index in [1.54, 1.807) is 6.92 Å². The predicted molar refractivity (Wildman–Crippen MR) is 87.0 cm³/mol. The molecule has 120 valence electrons. The van der Waals surface area contributed by atoms with Crippen molar-refractivity contribution in [1.29, 1.82) is 0 Å². The third kappa shape index (κ3) is 3.14. The first-order chi connectivity index (χ1) is 10.6. The van der Waals surface area contributed by atoms with Crippen molar-refractivity contribution in [3.8, 4) is 5.75 Å². The lowest BCUT2D eigenvalue weighted by molar-refractivity contribution is -0.137. The maximum atomic E-state index is 12.6. The SMILES string of the molecule is C[C@H](Oc1ccccc1Br)C(=O)N1C[C@H]2OCCN(C)[C@H]2C1. The number of ether oxygens (including phenoxy) is 2. The maximum absolute atomic E-state index is 12.6. The number of nitrogens with zero attached hydrogens (tertiary/aromatic N) is 2. The van der Waals surface area contributed by atoms with Gasteiger partial charge in [0.25, 0.3) is 5.91 Å². The average molecular weight is 369 g/mol. The molecule has 0 spiro atoms. The van der Waals surface area contributed by atoms with Crippen LogP contribution in [0.1, 0.15) is 6.92 Å². The summed E-state index contributed by atoms with van der Waals surface area (Å²) in [4.78, 5) is 16.8. The van der Waals surface area contributed by atoms with Crippen LogP contribution < -0.4 is 4.74 Å². The zero-order chi connectivity index (χ0) is 15.7. The Hall–Kier alpha value is -1.11. The maximum Gasteiger partial charge on any atom is 0.263 e. The molecule has 2 fully saturated rings. The van der Waals surface area contributed by atoms with Crippen LogP contribution in [-0.2, 0) is 9.53 Å². The molecule has 3 rings (SSSR count). The van der Waals surface area contributed by atoms with E-state index in [9.17, 15) is 4.79 Å². The van der Waals surface area contributed by atoms with Gasteiger partial charge in [-0.3, -0.25) is 9.69 Å². The molecule has 0 N–H and O–H groups in total. The van der Waals surface area contributed by atoms with E-state index >= 15 is 0 Å². The van der Waals surface area contributed by atoms with Crippen molar-refractivity contribution >= 4 is 21.8 Å². The van der Waals surface area contributed by atoms with Gasteiger partial charge in [-0.2, -0.15) is 0 Å². The smallest absolute Gasteiger partial charge is 0.263 e. The molecule has 0 saturated carbocycles. The minimum atomic E-state index is -0.510. The van der Waals surface area contributed by atoms with E-state index in [1.165, 1.54) is 0 Å². The third-order valence-corrected chi connectivity index (χ3v) is 5.03. The molecule has 1 aromatic carbocycles. The highest BCUT2D eigenvalue weighted by Gasteiger charge is 2.41. The van der Waals surface area contributed by atoms with Crippen molar-refractivity contribution in [2.45, 2.75) is 25.2 Å². The van der Waals surface area contributed by atoms with Crippen LogP contribution in [0.25, 0.3) is 0 Å². The highest BCUT2D eigenvalue weighted by molar-refractivity contribution is 9.10. The number of morpholine rings is 1. The topological polar surface area (TPSA) is 42.0 Å². The largest absolute Gasteiger partial charge is 0.480 e. The molecule has 0 bridgehead atoms. The number of carbonyl (C=O) groups is 1. The van der Waals surface area contributed by atoms with Gasteiger partial charge >= 0.3 is 0 Å². The number of likely N-dealkylation sites (tertiary alicyclic amines) is 1. The summed E-state index contributed by atoms with van der Waals surface area (Å²) in [6, 6.07) is 7.87. The van der Waals surface area contributed by atoms with Gasteiger partial charge in [-0.25, -0.2) is 0 Å². The molecule has 22 heavy (non-hydrogen) atoms. The quantitative estimate of drug-likeness (QED) is 0.815. The molecule has 3 atom stereocenters. The summed E-state index contributed by atoms with van der Waals surface area (Å²) < 4.78 is 12.4. The molecule has 6 heteroatoms. The van der Waals surface area contributed by atoms with Crippen LogP contribution in [0.15, 0.2) is 28.7 Å². The Morgan fingerprint density at radius 1 is 1.41 bits per heavy atom. The number of para-hydroxylation sites is 1. The number of rotatable bonds is 3. The van der Waals surface area contributed by atoms with Gasteiger partial charge in [-0.05, 0) is 42.0 Å². The zero-order valence-electron chi connectivity index (χ0n) is 12.9. The fourth-order valence-electron chi connectivity index (χ4n) is 3.08. The number of hydrogen-bond donors (Lipinski definition) is 0. The first kappa shape index (κ1) is 15.8. The second-order valence-electron chi connectivity index (χ2n) is 5.89. The van der Waals surface area contributed by atoms with Crippen molar-refractivity contribution in [1.82, 2.24) is 9.80 Å². The lowest BCUT2D eigenvalue weighted by Gasteiger charge is -2.33. The Balaban J connectivity index is 1.63. The second kappa shape index (κ2) is 6.56. The van der Waals surface area contributed by atoms with Gasteiger partial charge in [0.1, 0.15) is 5.75 Å². The first-order valence-corrected chi connectivity index (χ1v) is 8.37. The fraction of sp³-hybridized carbons (Fsp3) is 0.562. The summed E-state index contributed by atoms with van der Waals surface area (Å²) in [7, 11) is 2.09. The molecule has 2 aliphatic heterocycles. The van der Waals surface area contributed by atoms with Crippen LogP contribution >= 0.6 is 15.9 Å². The van der Waals surface area contributed by atoms with Crippen LogP contribution in [-0.4, -0.2) is 67.2 Å². The van der Waals surface area contributed by atoms with E-state index in [0.29, 0.717) is 24.9 Å². The lowest BCUT2D eigenvalue weighted by Crippen LogP contribution is -2.48. The van der Waals surface area contributed by atoms with E-state index < -0.39 is 6.10 Å². The van der Waals surface area contributed by atoms with Gasteiger partial charge in [-0.1, -0.05) is 12.1 Å². The van der Waals surface area contributed by atoms with E-state index in [2.05, 4.69) is 27.9 Å². The molecular weight excluding hydrogens is 348 g/mol. The summed E-state index contributed by atoms with van der Waals surface area (Å²) in [5.41, 5.74) is 0. The van der Waals surface area contributed by atoms with E-state index in [0.717, 1.165) is 17.6 Å². The van der Waals surface area contributed by atoms with Gasteiger partial charge in [0.2, 0.25) is 0 Å². The molecule has 1 aromatic rings. The molecule has 2 aliphatic rings. The standard InChI is InChI=1S/C16H21BrN2O3/c1-11(22-14-6-4-3-5-12(14)17)16(20)19-9-13-15(10-19)21-8-7-18(13)2/h3-6,11,13,15H,7-10H2,1-2H3/t11-,13-,15+/m0/s1. The number of benzene rings is 1. The lowest BCUT2D eigenvalue weighted by atomic mass is 10.1. The molecule has 5 nitrogen and oxygen atoms in total.